The lowest BCUT2D eigenvalue weighted by molar-refractivity contribution is -0.120. The van der Waals surface area contributed by atoms with E-state index in [-0.39, 0.29) is 47.8 Å². The van der Waals surface area contributed by atoms with Crippen molar-refractivity contribution in [2.75, 3.05) is 13.6 Å². The highest BCUT2D eigenvalue weighted by Gasteiger charge is 2.18. The standard InChI is InChI=1S/C22H22BrF2N5O3/c1-12-17(6-15-7-28-16(8-27-15)9-29-19(31)10-26-2)21(20(23)22(32)30-12)33-11-13-3-4-14(24)5-18(13)25/h3-5,7-8,26H,6,9-11H2,1-2H3,(H,29,31)(H,30,32). The first-order valence-electron chi connectivity index (χ1n) is 9.97. The molecule has 11 heteroatoms. The number of carbonyl (C=O) groups excluding carboxylic acids is 1. The Morgan fingerprint density at radius 1 is 1.21 bits per heavy atom. The van der Waals surface area contributed by atoms with Gasteiger partial charge in [0.1, 0.15) is 28.5 Å². The summed E-state index contributed by atoms with van der Waals surface area (Å²) in [4.78, 5) is 35.2. The lowest BCUT2D eigenvalue weighted by atomic mass is 10.1. The normalized spacial score (nSPS) is 10.8. The first-order chi connectivity index (χ1) is 15.8. The van der Waals surface area contributed by atoms with E-state index in [4.69, 9.17) is 4.74 Å². The van der Waals surface area contributed by atoms with E-state index in [1.807, 2.05) is 0 Å². The van der Waals surface area contributed by atoms with E-state index in [1.54, 1.807) is 26.4 Å². The Hall–Kier alpha value is -3.18. The van der Waals surface area contributed by atoms with Gasteiger partial charge in [0.15, 0.2) is 0 Å². The smallest absolute Gasteiger partial charge is 0.266 e. The van der Waals surface area contributed by atoms with Crippen molar-refractivity contribution in [1.29, 1.82) is 0 Å². The van der Waals surface area contributed by atoms with Gasteiger partial charge >= 0.3 is 0 Å². The van der Waals surface area contributed by atoms with E-state index in [0.717, 1.165) is 12.1 Å². The molecule has 0 saturated carbocycles. The third-order valence-corrected chi connectivity index (χ3v) is 5.45. The molecule has 1 amide bonds. The van der Waals surface area contributed by atoms with Gasteiger partial charge in [0.05, 0.1) is 30.7 Å². The Morgan fingerprint density at radius 3 is 2.61 bits per heavy atom. The minimum absolute atomic E-state index is 0.150. The number of nitrogens with zero attached hydrogens (tertiary/aromatic N) is 2. The summed E-state index contributed by atoms with van der Waals surface area (Å²) in [5.41, 5.74) is 2.13. The van der Waals surface area contributed by atoms with E-state index in [2.05, 4.69) is 41.5 Å². The number of rotatable bonds is 9. The number of aromatic nitrogens is 3. The van der Waals surface area contributed by atoms with Crippen LogP contribution in [0, 0.1) is 18.6 Å². The van der Waals surface area contributed by atoms with Gasteiger partial charge in [-0.1, -0.05) is 0 Å². The number of hydrogen-bond donors (Lipinski definition) is 3. The molecule has 1 aromatic carbocycles. The summed E-state index contributed by atoms with van der Waals surface area (Å²) in [5, 5.41) is 5.48. The second-order valence-corrected chi connectivity index (χ2v) is 8.00. The molecule has 0 aliphatic rings. The van der Waals surface area contributed by atoms with Crippen LogP contribution < -0.4 is 20.9 Å². The van der Waals surface area contributed by atoms with Crippen LogP contribution in [0.4, 0.5) is 8.78 Å². The van der Waals surface area contributed by atoms with Gasteiger partial charge in [-0.2, -0.15) is 0 Å². The number of H-pyrrole nitrogens is 1. The molecule has 3 rings (SSSR count). The average Bonchev–Trinajstić information content (AvgIpc) is 2.78. The summed E-state index contributed by atoms with van der Waals surface area (Å²) in [6.45, 7) is 1.97. The molecule has 2 aromatic heterocycles. The van der Waals surface area contributed by atoms with Gasteiger partial charge in [-0.3, -0.25) is 19.6 Å². The van der Waals surface area contributed by atoms with Gasteiger partial charge in [-0.25, -0.2) is 8.78 Å². The van der Waals surface area contributed by atoms with Crippen LogP contribution in [0.5, 0.6) is 5.75 Å². The van der Waals surface area contributed by atoms with Crippen LogP contribution in [-0.4, -0.2) is 34.5 Å². The highest BCUT2D eigenvalue weighted by Crippen LogP contribution is 2.30. The molecule has 3 aromatic rings. The number of carbonyl (C=O) groups is 1. The van der Waals surface area contributed by atoms with Gasteiger partial charge < -0.3 is 20.4 Å². The van der Waals surface area contributed by atoms with E-state index in [0.29, 0.717) is 22.6 Å². The molecule has 33 heavy (non-hydrogen) atoms. The molecule has 0 aliphatic heterocycles. The van der Waals surface area contributed by atoms with Gasteiger partial charge in [0.25, 0.3) is 5.56 Å². The van der Waals surface area contributed by atoms with Gasteiger partial charge in [0.2, 0.25) is 5.91 Å². The van der Waals surface area contributed by atoms with Crippen LogP contribution in [0.2, 0.25) is 0 Å². The summed E-state index contributed by atoms with van der Waals surface area (Å²) in [6, 6.07) is 3.20. The zero-order valence-electron chi connectivity index (χ0n) is 18.0. The molecule has 0 saturated heterocycles. The Bertz CT molecular complexity index is 1200. The van der Waals surface area contributed by atoms with Gasteiger partial charge in [-0.05, 0) is 42.0 Å². The molecule has 3 N–H and O–H groups in total. The molecule has 0 radical (unpaired) electrons. The Balaban J connectivity index is 1.79. The number of benzene rings is 1. The Kier molecular flexibility index (Phi) is 8.23. The number of aromatic amines is 1. The first kappa shape index (κ1) is 24.5. The lowest BCUT2D eigenvalue weighted by Crippen LogP contribution is -2.31. The molecule has 0 unspecified atom stereocenters. The molecule has 174 valence electrons. The van der Waals surface area contributed by atoms with Gasteiger partial charge in [0, 0.05) is 35.5 Å². The zero-order chi connectivity index (χ0) is 24.0. The highest BCUT2D eigenvalue weighted by atomic mass is 79.9. The molecule has 8 nitrogen and oxygen atoms in total. The number of aryl methyl sites for hydroxylation is 1. The van der Waals surface area contributed by atoms with Crippen molar-refractivity contribution in [2.24, 2.45) is 0 Å². The third-order valence-electron chi connectivity index (χ3n) is 4.73. The molecule has 0 bridgehead atoms. The van der Waals surface area contributed by atoms with Crippen molar-refractivity contribution < 1.29 is 18.3 Å². The Labute approximate surface area is 196 Å². The second-order valence-electron chi connectivity index (χ2n) is 7.21. The third kappa shape index (κ3) is 6.42. The topological polar surface area (TPSA) is 109 Å². The minimum Gasteiger partial charge on any atom is -0.487 e. The molecule has 2 heterocycles. The molecular weight excluding hydrogens is 500 g/mol. The maximum absolute atomic E-state index is 14.0. The van der Waals surface area contributed by atoms with E-state index in [9.17, 15) is 18.4 Å². The molecule has 0 aliphatic carbocycles. The lowest BCUT2D eigenvalue weighted by Gasteiger charge is -2.15. The zero-order valence-corrected chi connectivity index (χ0v) is 19.6. The fraction of sp³-hybridized carbons (Fsp3) is 0.273. The van der Waals surface area contributed by atoms with Crippen molar-refractivity contribution in [3.63, 3.8) is 0 Å². The number of halogens is 3. The van der Waals surface area contributed by atoms with Crippen molar-refractivity contribution in [2.45, 2.75) is 26.5 Å². The quantitative estimate of drug-likeness (QED) is 0.399. The van der Waals surface area contributed by atoms with Crippen LogP contribution in [0.3, 0.4) is 0 Å². The van der Waals surface area contributed by atoms with Crippen molar-refractivity contribution >= 4 is 21.8 Å². The average molecular weight is 522 g/mol. The Morgan fingerprint density at radius 2 is 1.94 bits per heavy atom. The highest BCUT2D eigenvalue weighted by molar-refractivity contribution is 9.10. The van der Waals surface area contributed by atoms with E-state index >= 15 is 0 Å². The summed E-state index contributed by atoms with van der Waals surface area (Å²) in [5.74, 6) is -1.34. The molecule has 0 spiro atoms. The van der Waals surface area contributed by atoms with E-state index < -0.39 is 17.2 Å². The number of likely N-dealkylation sites (N-methyl/N-ethyl adjacent to an activating group) is 1. The van der Waals surface area contributed by atoms with Crippen molar-refractivity contribution in [3.8, 4) is 5.75 Å². The van der Waals surface area contributed by atoms with Crippen molar-refractivity contribution in [3.05, 3.63) is 85.3 Å². The van der Waals surface area contributed by atoms with Crippen LogP contribution in [-0.2, 0) is 24.4 Å². The number of hydrogen-bond acceptors (Lipinski definition) is 6. The first-order valence-corrected chi connectivity index (χ1v) is 10.8. The minimum atomic E-state index is -0.738. The molecule has 0 fully saturated rings. The van der Waals surface area contributed by atoms with Crippen LogP contribution in [0.15, 0.2) is 39.9 Å². The summed E-state index contributed by atoms with van der Waals surface area (Å²) in [6.07, 6.45) is 3.41. The maximum atomic E-state index is 14.0. The summed E-state index contributed by atoms with van der Waals surface area (Å²) >= 11 is 3.24. The second kappa shape index (κ2) is 11.1. The molecule has 0 atom stereocenters. The number of amides is 1. The fourth-order valence-corrected chi connectivity index (χ4v) is 3.47. The van der Waals surface area contributed by atoms with Gasteiger partial charge in [-0.15, -0.1) is 0 Å². The fourth-order valence-electron chi connectivity index (χ4n) is 3.02. The summed E-state index contributed by atoms with van der Waals surface area (Å²) < 4.78 is 33.1. The number of ether oxygens (including phenoxy) is 1. The van der Waals surface area contributed by atoms with Crippen LogP contribution in [0.25, 0.3) is 0 Å². The number of pyridine rings is 1. The maximum Gasteiger partial charge on any atom is 0.266 e. The predicted octanol–water partition coefficient (Wildman–Crippen LogP) is 2.52. The molecular formula is C22H22BrF2N5O3. The number of nitrogens with one attached hydrogen (secondary N) is 3. The van der Waals surface area contributed by atoms with Crippen molar-refractivity contribution in [1.82, 2.24) is 25.6 Å². The summed E-state index contributed by atoms with van der Waals surface area (Å²) in [7, 11) is 1.68. The van der Waals surface area contributed by atoms with Crippen LogP contribution >= 0.6 is 15.9 Å². The largest absolute Gasteiger partial charge is 0.487 e. The predicted molar refractivity (Wildman–Crippen MR) is 121 cm³/mol. The SMILES string of the molecule is CNCC(=O)NCc1cnc(Cc2c(C)[nH]c(=O)c(Br)c2OCc2ccc(F)cc2F)cn1. The monoisotopic (exact) mass is 521 g/mol. The van der Waals surface area contributed by atoms with E-state index in [1.165, 1.54) is 6.07 Å². The van der Waals surface area contributed by atoms with Crippen LogP contribution in [0.1, 0.15) is 28.2 Å².